The molecule has 0 aliphatic heterocycles. The summed E-state index contributed by atoms with van der Waals surface area (Å²) in [4.78, 5) is 20.7. The molecule has 5 heteroatoms. The first-order valence-electron chi connectivity index (χ1n) is 4.17. The SMILES string of the molecule is O=CNC(CCc1ccsc1)C(=O)O. The number of hydrogen-bond donors (Lipinski definition) is 2. The predicted octanol–water partition coefficient (Wildman–Crippen LogP) is 0.880. The van der Waals surface area contributed by atoms with Crippen LogP contribution >= 0.6 is 11.3 Å². The number of thiophene rings is 1. The fourth-order valence-electron chi connectivity index (χ4n) is 1.11. The van der Waals surface area contributed by atoms with Crippen LogP contribution in [0.25, 0.3) is 0 Å². The number of amides is 1. The van der Waals surface area contributed by atoms with E-state index in [1.165, 1.54) is 0 Å². The topological polar surface area (TPSA) is 66.4 Å². The van der Waals surface area contributed by atoms with Gasteiger partial charge in [-0.15, -0.1) is 0 Å². The van der Waals surface area contributed by atoms with Gasteiger partial charge in [-0.25, -0.2) is 4.79 Å². The Balaban J connectivity index is 2.40. The number of hydrogen-bond acceptors (Lipinski definition) is 3. The van der Waals surface area contributed by atoms with Crippen LogP contribution < -0.4 is 5.32 Å². The normalized spacial score (nSPS) is 12.0. The second-order valence-corrected chi connectivity index (χ2v) is 3.63. The number of nitrogens with one attached hydrogen (secondary N) is 1. The largest absolute Gasteiger partial charge is 0.480 e. The van der Waals surface area contributed by atoms with Crippen LogP contribution in [-0.4, -0.2) is 23.5 Å². The molecule has 1 unspecified atom stereocenters. The van der Waals surface area contributed by atoms with Gasteiger partial charge < -0.3 is 10.4 Å². The molecule has 1 atom stereocenters. The van der Waals surface area contributed by atoms with E-state index in [4.69, 9.17) is 5.11 Å². The molecule has 0 fully saturated rings. The molecule has 0 radical (unpaired) electrons. The molecular formula is C9H11NO3S. The molecule has 1 heterocycles. The maximum atomic E-state index is 10.6. The second-order valence-electron chi connectivity index (χ2n) is 2.85. The third-order valence-corrected chi connectivity index (χ3v) is 2.60. The molecule has 14 heavy (non-hydrogen) atoms. The highest BCUT2D eigenvalue weighted by atomic mass is 32.1. The van der Waals surface area contributed by atoms with Crippen molar-refractivity contribution in [3.8, 4) is 0 Å². The zero-order valence-corrected chi connectivity index (χ0v) is 8.29. The van der Waals surface area contributed by atoms with Gasteiger partial charge in [-0.2, -0.15) is 11.3 Å². The first kappa shape index (κ1) is 10.7. The van der Waals surface area contributed by atoms with Crippen LogP contribution in [0.15, 0.2) is 16.8 Å². The van der Waals surface area contributed by atoms with Gasteiger partial charge in [0.05, 0.1) is 0 Å². The average molecular weight is 213 g/mol. The molecule has 1 rings (SSSR count). The van der Waals surface area contributed by atoms with E-state index in [0.717, 1.165) is 5.56 Å². The van der Waals surface area contributed by atoms with Crippen molar-refractivity contribution in [3.63, 3.8) is 0 Å². The van der Waals surface area contributed by atoms with Gasteiger partial charge in [0, 0.05) is 0 Å². The van der Waals surface area contributed by atoms with E-state index in [0.29, 0.717) is 19.3 Å². The molecule has 0 bridgehead atoms. The third kappa shape index (κ3) is 3.18. The Morgan fingerprint density at radius 1 is 1.71 bits per heavy atom. The highest BCUT2D eigenvalue weighted by molar-refractivity contribution is 7.07. The number of rotatable bonds is 6. The minimum atomic E-state index is -0.993. The third-order valence-electron chi connectivity index (χ3n) is 1.87. The maximum Gasteiger partial charge on any atom is 0.326 e. The predicted molar refractivity (Wildman–Crippen MR) is 53.3 cm³/mol. The fraction of sp³-hybridized carbons (Fsp3) is 0.333. The molecule has 0 saturated heterocycles. The summed E-state index contributed by atoms with van der Waals surface area (Å²) in [6.45, 7) is 0. The average Bonchev–Trinajstić information content (AvgIpc) is 2.64. The van der Waals surface area contributed by atoms with Gasteiger partial charge in [-0.1, -0.05) is 0 Å². The molecule has 0 aromatic carbocycles. The smallest absolute Gasteiger partial charge is 0.326 e. The van der Waals surface area contributed by atoms with E-state index in [-0.39, 0.29) is 0 Å². The molecule has 0 saturated carbocycles. The van der Waals surface area contributed by atoms with Gasteiger partial charge in [-0.05, 0) is 35.2 Å². The van der Waals surface area contributed by atoms with Crippen LogP contribution in [0.1, 0.15) is 12.0 Å². The summed E-state index contributed by atoms with van der Waals surface area (Å²) >= 11 is 1.58. The van der Waals surface area contributed by atoms with E-state index < -0.39 is 12.0 Å². The summed E-state index contributed by atoms with van der Waals surface area (Å²) in [5.74, 6) is -0.993. The Bertz CT molecular complexity index is 297. The fourth-order valence-corrected chi connectivity index (χ4v) is 1.81. The van der Waals surface area contributed by atoms with E-state index >= 15 is 0 Å². The molecule has 2 N–H and O–H groups in total. The van der Waals surface area contributed by atoms with Crippen molar-refractivity contribution in [3.05, 3.63) is 22.4 Å². The molecule has 0 spiro atoms. The van der Waals surface area contributed by atoms with Crippen LogP contribution in [0.5, 0.6) is 0 Å². The molecular weight excluding hydrogens is 202 g/mol. The van der Waals surface area contributed by atoms with Crippen molar-refractivity contribution >= 4 is 23.7 Å². The van der Waals surface area contributed by atoms with Crippen LogP contribution in [0.4, 0.5) is 0 Å². The monoisotopic (exact) mass is 213 g/mol. The standard InChI is InChI=1S/C9H11NO3S/c11-6-10-8(9(12)13)2-1-7-3-4-14-5-7/h3-6,8H,1-2H2,(H,10,11)(H,12,13). The number of aliphatic carboxylic acids is 1. The second kappa shape index (κ2) is 5.39. The van der Waals surface area contributed by atoms with Gasteiger partial charge in [0.25, 0.3) is 0 Å². The summed E-state index contributed by atoms with van der Waals surface area (Å²) in [6, 6.07) is 1.16. The molecule has 1 aromatic heterocycles. The molecule has 1 amide bonds. The van der Waals surface area contributed by atoms with Gasteiger partial charge >= 0.3 is 5.97 Å². The van der Waals surface area contributed by atoms with Crippen LogP contribution in [-0.2, 0) is 16.0 Å². The van der Waals surface area contributed by atoms with Crippen LogP contribution in [0, 0.1) is 0 Å². The Hall–Kier alpha value is -1.36. The van der Waals surface area contributed by atoms with E-state index in [2.05, 4.69) is 5.32 Å². The van der Waals surface area contributed by atoms with Gasteiger partial charge in [-0.3, -0.25) is 4.79 Å². The summed E-state index contributed by atoms with van der Waals surface area (Å²) in [5.41, 5.74) is 1.11. The van der Waals surface area contributed by atoms with E-state index in [1.54, 1.807) is 11.3 Å². The minimum absolute atomic E-state index is 0.421. The molecule has 0 aliphatic carbocycles. The van der Waals surface area contributed by atoms with Crippen molar-refractivity contribution in [2.24, 2.45) is 0 Å². The lowest BCUT2D eigenvalue weighted by Gasteiger charge is -2.09. The number of carboxylic acid groups (broad SMARTS) is 1. The molecule has 4 nitrogen and oxygen atoms in total. The van der Waals surface area contributed by atoms with Gasteiger partial charge in [0.2, 0.25) is 6.41 Å². The lowest BCUT2D eigenvalue weighted by molar-refractivity contribution is -0.140. The Kier molecular flexibility index (Phi) is 4.12. The van der Waals surface area contributed by atoms with Crippen molar-refractivity contribution in [2.75, 3.05) is 0 Å². The zero-order chi connectivity index (χ0) is 10.4. The van der Waals surface area contributed by atoms with Crippen LogP contribution in [0.2, 0.25) is 0 Å². The Morgan fingerprint density at radius 2 is 2.50 bits per heavy atom. The lowest BCUT2D eigenvalue weighted by Crippen LogP contribution is -2.36. The first-order valence-corrected chi connectivity index (χ1v) is 5.12. The molecule has 76 valence electrons. The number of carboxylic acids is 1. The quantitative estimate of drug-likeness (QED) is 0.689. The van der Waals surface area contributed by atoms with Crippen molar-refractivity contribution in [2.45, 2.75) is 18.9 Å². The highest BCUT2D eigenvalue weighted by Gasteiger charge is 2.15. The van der Waals surface area contributed by atoms with E-state index in [1.807, 2.05) is 16.8 Å². The number of carbonyl (C=O) groups is 2. The van der Waals surface area contributed by atoms with Crippen molar-refractivity contribution in [1.29, 1.82) is 0 Å². The highest BCUT2D eigenvalue weighted by Crippen LogP contribution is 2.09. The van der Waals surface area contributed by atoms with Gasteiger partial charge in [0.1, 0.15) is 6.04 Å². The van der Waals surface area contributed by atoms with E-state index in [9.17, 15) is 9.59 Å². The summed E-state index contributed by atoms with van der Waals surface area (Å²) in [5, 5.41) is 14.9. The molecule has 0 aliphatic rings. The van der Waals surface area contributed by atoms with Crippen molar-refractivity contribution in [1.82, 2.24) is 5.32 Å². The number of aryl methyl sites for hydroxylation is 1. The Morgan fingerprint density at radius 3 is 3.00 bits per heavy atom. The lowest BCUT2D eigenvalue weighted by atomic mass is 10.1. The molecule has 1 aromatic rings. The summed E-state index contributed by atoms with van der Waals surface area (Å²) in [6.07, 6.45) is 1.51. The Labute approximate surface area is 85.6 Å². The summed E-state index contributed by atoms with van der Waals surface area (Å²) < 4.78 is 0. The number of carbonyl (C=O) groups excluding carboxylic acids is 1. The van der Waals surface area contributed by atoms with Crippen molar-refractivity contribution < 1.29 is 14.7 Å². The first-order chi connectivity index (χ1) is 6.74. The minimum Gasteiger partial charge on any atom is -0.480 e. The zero-order valence-electron chi connectivity index (χ0n) is 7.47. The maximum absolute atomic E-state index is 10.6. The summed E-state index contributed by atoms with van der Waals surface area (Å²) in [7, 11) is 0. The van der Waals surface area contributed by atoms with Crippen LogP contribution in [0.3, 0.4) is 0 Å². The van der Waals surface area contributed by atoms with Gasteiger partial charge in [0.15, 0.2) is 0 Å².